The van der Waals surface area contributed by atoms with Crippen molar-refractivity contribution in [1.29, 1.82) is 0 Å². The minimum atomic E-state index is -3.88. The van der Waals surface area contributed by atoms with Crippen molar-refractivity contribution in [2.24, 2.45) is 5.73 Å². The van der Waals surface area contributed by atoms with Crippen LogP contribution in [0.5, 0.6) is 0 Å². The number of halogens is 1. The summed E-state index contributed by atoms with van der Waals surface area (Å²) in [5.41, 5.74) is 4.86. The van der Waals surface area contributed by atoms with E-state index in [1.807, 2.05) is 13.8 Å². The molecule has 0 fully saturated rings. The number of rotatable bonds is 7. The van der Waals surface area contributed by atoms with Gasteiger partial charge in [0.05, 0.1) is 9.82 Å². The number of nitrogens with two attached hydrogens (primary N) is 1. The van der Waals surface area contributed by atoms with E-state index in [1.165, 1.54) is 25.1 Å². The Kier molecular flexibility index (Phi) is 7.43. The van der Waals surface area contributed by atoms with Gasteiger partial charge in [-0.05, 0) is 25.8 Å². The molecule has 0 aliphatic carbocycles. The highest BCUT2D eigenvalue weighted by Crippen LogP contribution is 2.26. The summed E-state index contributed by atoms with van der Waals surface area (Å²) in [6.45, 7) is 5.28. The number of sulfonamides is 1. The van der Waals surface area contributed by atoms with Gasteiger partial charge >= 0.3 is 0 Å². The van der Waals surface area contributed by atoms with E-state index in [0.29, 0.717) is 12.8 Å². The zero-order valence-corrected chi connectivity index (χ0v) is 14.5. The van der Waals surface area contributed by atoms with Crippen LogP contribution in [-0.2, 0) is 10.0 Å². The molecule has 0 aromatic heterocycles. The Hall–Kier alpha value is -1.22. The van der Waals surface area contributed by atoms with Crippen molar-refractivity contribution in [3.05, 3.63) is 33.9 Å². The fraction of sp³-hybridized carbons (Fsp3) is 0.538. The van der Waals surface area contributed by atoms with Gasteiger partial charge in [-0.1, -0.05) is 19.9 Å². The highest BCUT2D eigenvalue weighted by atomic mass is 35.5. The van der Waals surface area contributed by atoms with Crippen LogP contribution in [-0.4, -0.2) is 25.4 Å². The van der Waals surface area contributed by atoms with Crippen molar-refractivity contribution < 1.29 is 13.3 Å². The van der Waals surface area contributed by atoms with Gasteiger partial charge in [-0.2, -0.15) is 0 Å². The van der Waals surface area contributed by atoms with Gasteiger partial charge in [-0.25, -0.2) is 13.1 Å². The van der Waals surface area contributed by atoms with Crippen molar-refractivity contribution in [3.63, 3.8) is 0 Å². The van der Waals surface area contributed by atoms with Crippen LogP contribution in [0.3, 0.4) is 0 Å². The smallest absolute Gasteiger partial charge is 0.273 e. The van der Waals surface area contributed by atoms with E-state index in [0.717, 1.165) is 0 Å². The van der Waals surface area contributed by atoms with Gasteiger partial charge in [-0.3, -0.25) is 10.1 Å². The largest absolute Gasteiger partial charge is 0.329 e. The van der Waals surface area contributed by atoms with Crippen molar-refractivity contribution in [3.8, 4) is 0 Å². The summed E-state index contributed by atoms with van der Waals surface area (Å²) in [4.78, 5) is 10.2. The lowest BCUT2D eigenvalue weighted by Crippen LogP contribution is -2.52. The van der Waals surface area contributed by atoms with E-state index in [2.05, 4.69) is 4.72 Å². The number of hydrogen-bond acceptors (Lipinski definition) is 5. The number of nitrogens with one attached hydrogen (secondary N) is 1. The Balaban J connectivity index is 0.00000441. The average molecular weight is 352 g/mol. The Morgan fingerprint density at radius 3 is 2.27 bits per heavy atom. The zero-order chi connectivity index (χ0) is 16.3. The first-order valence-electron chi connectivity index (χ1n) is 6.71. The van der Waals surface area contributed by atoms with Crippen molar-refractivity contribution in [1.82, 2.24) is 4.72 Å². The SMILES string of the molecule is CCC(CC)(CN)NS(=O)(=O)c1cccc([N+](=O)[O-])c1C.Cl. The second-order valence-electron chi connectivity index (χ2n) is 4.95. The molecular weight excluding hydrogens is 330 g/mol. The Morgan fingerprint density at radius 1 is 1.32 bits per heavy atom. The molecule has 1 aromatic carbocycles. The van der Waals surface area contributed by atoms with Crippen LogP contribution in [0.2, 0.25) is 0 Å². The minimum Gasteiger partial charge on any atom is -0.329 e. The molecule has 0 bridgehead atoms. The van der Waals surface area contributed by atoms with Gasteiger partial charge < -0.3 is 5.73 Å². The molecule has 0 aliphatic heterocycles. The van der Waals surface area contributed by atoms with Crippen molar-refractivity contribution >= 4 is 28.1 Å². The van der Waals surface area contributed by atoms with Gasteiger partial charge in [-0.15, -0.1) is 12.4 Å². The molecule has 7 nitrogen and oxygen atoms in total. The lowest BCUT2D eigenvalue weighted by atomic mass is 9.95. The predicted molar refractivity (Wildman–Crippen MR) is 87.8 cm³/mol. The molecule has 0 spiro atoms. The molecule has 0 aliphatic rings. The first-order valence-corrected chi connectivity index (χ1v) is 8.19. The highest BCUT2D eigenvalue weighted by molar-refractivity contribution is 7.89. The molecule has 0 amide bonds. The van der Waals surface area contributed by atoms with Crippen LogP contribution >= 0.6 is 12.4 Å². The number of nitro benzene ring substituents is 1. The quantitative estimate of drug-likeness (QED) is 0.576. The van der Waals surface area contributed by atoms with E-state index in [-0.39, 0.29) is 35.1 Å². The molecule has 0 saturated heterocycles. The Morgan fingerprint density at radius 2 is 1.86 bits per heavy atom. The predicted octanol–water partition coefficient (Wildman–Crippen LogP) is 2.12. The van der Waals surface area contributed by atoms with Gasteiger partial charge in [0, 0.05) is 23.7 Å². The first kappa shape index (κ1) is 20.8. The van der Waals surface area contributed by atoms with E-state index < -0.39 is 20.5 Å². The lowest BCUT2D eigenvalue weighted by molar-refractivity contribution is -0.385. The number of nitrogens with zero attached hydrogens (tertiary/aromatic N) is 1. The fourth-order valence-corrected chi connectivity index (χ4v) is 3.97. The molecule has 9 heteroatoms. The molecule has 0 unspecified atom stereocenters. The average Bonchev–Trinajstić information content (AvgIpc) is 2.44. The maximum absolute atomic E-state index is 12.5. The standard InChI is InChI=1S/C13H21N3O4S.ClH/c1-4-13(5-2,9-14)15-21(19,20)12-8-6-7-11(10(12)3)16(17)18;/h6-8,15H,4-5,9,14H2,1-3H3;1H. The minimum absolute atomic E-state index is 0. The van der Waals surface area contributed by atoms with Crippen LogP contribution in [0.4, 0.5) is 5.69 Å². The van der Waals surface area contributed by atoms with Crippen molar-refractivity contribution in [2.45, 2.75) is 44.0 Å². The maximum Gasteiger partial charge on any atom is 0.273 e. The summed E-state index contributed by atoms with van der Waals surface area (Å²) in [5, 5.41) is 10.9. The van der Waals surface area contributed by atoms with Crippen LogP contribution < -0.4 is 10.5 Å². The highest BCUT2D eigenvalue weighted by Gasteiger charge is 2.32. The molecule has 0 saturated carbocycles. The summed E-state index contributed by atoms with van der Waals surface area (Å²) in [6.07, 6.45) is 1.07. The van der Waals surface area contributed by atoms with Gasteiger partial charge in [0.25, 0.3) is 5.69 Å². The van der Waals surface area contributed by atoms with Crippen LogP contribution in [0.25, 0.3) is 0 Å². The second kappa shape index (κ2) is 7.87. The number of nitro groups is 1. The molecular formula is C13H22ClN3O4S. The van der Waals surface area contributed by atoms with Crippen molar-refractivity contribution in [2.75, 3.05) is 6.54 Å². The molecule has 1 rings (SSSR count). The molecule has 1 aromatic rings. The molecule has 126 valence electrons. The second-order valence-corrected chi connectivity index (χ2v) is 6.61. The molecule has 0 radical (unpaired) electrons. The maximum atomic E-state index is 12.5. The molecule has 0 atom stereocenters. The van der Waals surface area contributed by atoms with Crippen LogP contribution in [0.1, 0.15) is 32.3 Å². The molecule has 0 heterocycles. The third-order valence-electron chi connectivity index (χ3n) is 3.84. The fourth-order valence-electron chi connectivity index (χ4n) is 2.16. The summed E-state index contributed by atoms with van der Waals surface area (Å²) >= 11 is 0. The van der Waals surface area contributed by atoms with Gasteiger partial charge in [0.1, 0.15) is 0 Å². The third kappa shape index (κ3) is 4.16. The van der Waals surface area contributed by atoms with E-state index in [4.69, 9.17) is 5.73 Å². The van der Waals surface area contributed by atoms with Crippen LogP contribution in [0.15, 0.2) is 23.1 Å². The molecule has 3 N–H and O–H groups in total. The zero-order valence-electron chi connectivity index (χ0n) is 12.8. The van der Waals surface area contributed by atoms with E-state index in [9.17, 15) is 18.5 Å². The Bertz CT molecular complexity index is 622. The molecule has 22 heavy (non-hydrogen) atoms. The number of hydrogen-bond donors (Lipinski definition) is 2. The topological polar surface area (TPSA) is 115 Å². The summed E-state index contributed by atoms with van der Waals surface area (Å²) in [5.74, 6) is 0. The first-order chi connectivity index (χ1) is 9.73. The Labute approximate surface area is 136 Å². The monoisotopic (exact) mass is 351 g/mol. The van der Waals surface area contributed by atoms with E-state index >= 15 is 0 Å². The normalized spacial score (nSPS) is 11.8. The van der Waals surface area contributed by atoms with Crippen LogP contribution in [0, 0.1) is 17.0 Å². The summed E-state index contributed by atoms with van der Waals surface area (Å²) in [7, 11) is -3.88. The number of benzene rings is 1. The lowest BCUT2D eigenvalue weighted by Gasteiger charge is -2.31. The third-order valence-corrected chi connectivity index (χ3v) is 5.56. The van der Waals surface area contributed by atoms with Gasteiger partial charge in [0.2, 0.25) is 10.0 Å². The summed E-state index contributed by atoms with van der Waals surface area (Å²) in [6, 6.07) is 4.00. The van der Waals surface area contributed by atoms with E-state index in [1.54, 1.807) is 0 Å². The summed E-state index contributed by atoms with van der Waals surface area (Å²) < 4.78 is 27.7. The van der Waals surface area contributed by atoms with Gasteiger partial charge in [0.15, 0.2) is 0 Å².